The molecule has 2 aromatic carbocycles. The van der Waals surface area contributed by atoms with Crippen molar-refractivity contribution in [2.75, 3.05) is 13.2 Å². The predicted octanol–water partition coefficient (Wildman–Crippen LogP) is 6.07. The molecule has 0 spiro atoms. The highest BCUT2D eigenvalue weighted by molar-refractivity contribution is 5.91. The van der Waals surface area contributed by atoms with E-state index in [9.17, 15) is 14.4 Å². The molecule has 1 aliphatic rings. The first kappa shape index (κ1) is 27.7. The van der Waals surface area contributed by atoms with Crippen LogP contribution in [0.25, 0.3) is 6.08 Å². The van der Waals surface area contributed by atoms with E-state index in [1.165, 1.54) is 6.08 Å². The van der Waals surface area contributed by atoms with Crippen molar-refractivity contribution in [2.45, 2.75) is 58.0 Å². The van der Waals surface area contributed by atoms with Crippen LogP contribution in [0, 0.1) is 0 Å². The Labute approximate surface area is 218 Å². The molecule has 0 bridgehead atoms. The summed E-state index contributed by atoms with van der Waals surface area (Å²) in [6, 6.07) is 13.7. The summed E-state index contributed by atoms with van der Waals surface area (Å²) < 4.78 is 21.3. The predicted molar refractivity (Wildman–Crippen MR) is 140 cm³/mol. The van der Waals surface area contributed by atoms with E-state index in [-0.39, 0.29) is 12.1 Å². The molecule has 1 aliphatic heterocycles. The van der Waals surface area contributed by atoms with Crippen molar-refractivity contribution >= 4 is 24.0 Å². The van der Waals surface area contributed by atoms with Gasteiger partial charge in [-0.05, 0) is 74.2 Å². The fourth-order valence-electron chi connectivity index (χ4n) is 3.84. The van der Waals surface area contributed by atoms with Crippen LogP contribution in [0.4, 0.5) is 0 Å². The number of rotatable bonds is 14. The lowest BCUT2D eigenvalue weighted by Crippen LogP contribution is -2.08. The molecular formula is C30H34O7. The molecule has 1 saturated heterocycles. The number of unbranched alkanes of at least 4 members (excludes halogenated alkanes) is 4. The lowest BCUT2D eigenvalue weighted by molar-refractivity contribution is -0.139. The third kappa shape index (κ3) is 9.60. The second kappa shape index (κ2) is 14.6. The fraction of sp³-hybridized carbons (Fsp3) is 0.367. The number of esters is 3. The van der Waals surface area contributed by atoms with Gasteiger partial charge in [0.05, 0.1) is 18.8 Å². The van der Waals surface area contributed by atoms with Crippen LogP contribution < -0.4 is 9.47 Å². The monoisotopic (exact) mass is 506 g/mol. The molecule has 196 valence electrons. The van der Waals surface area contributed by atoms with E-state index in [2.05, 4.69) is 6.58 Å². The summed E-state index contributed by atoms with van der Waals surface area (Å²) in [5.74, 6) is 0.00274. The first-order valence-corrected chi connectivity index (χ1v) is 12.7. The lowest BCUT2D eigenvalue weighted by atomic mass is 10.1. The van der Waals surface area contributed by atoms with Gasteiger partial charge in [0, 0.05) is 18.1 Å². The van der Waals surface area contributed by atoms with Crippen LogP contribution in [0.15, 0.2) is 66.8 Å². The van der Waals surface area contributed by atoms with Crippen LogP contribution in [-0.2, 0) is 19.1 Å². The van der Waals surface area contributed by atoms with Gasteiger partial charge in [0.15, 0.2) is 0 Å². The van der Waals surface area contributed by atoms with E-state index in [0.717, 1.165) is 44.1 Å². The standard InChI is InChI=1S/C30H34O7/c1-3-34-28(31)19-12-23-10-15-26(16-11-23)36-30(33)24-13-17-25(18-14-24)35-20-8-6-4-5-7-9-27-21-22(2)29(32)37-27/h10-19,27H,2-9,20-21H2,1H3. The highest BCUT2D eigenvalue weighted by Gasteiger charge is 2.26. The minimum absolute atomic E-state index is 0.00985. The SMILES string of the molecule is C=C1CC(CCCCCCCOc2ccc(C(=O)Oc3ccc(C=CC(=O)OCC)cc3)cc2)OC1=O. The number of cyclic esters (lactones) is 1. The molecule has 2 aromatic rings. The molecule has 1 unspecified atom stereocenters. The second-order valence-electron chi connectivity index (χ2n) is 8.81. The minimum Gasteiger partial charge on any atom is -0.494 e. The van der Waals surface area contributed by atoms with Gasteiger partial charge in [0.25, 0.3) is 0 Å². The van der Waals surface area contributed by atoms with Gasteiger partial charge in [-0.1, -0.05) is 38.0 Å². The zero-order chi connectivity index (χ0) is 26.5. The summed E-state index contributed by atoms with van der Waals surface area (Å²) in [4.78, 5) is 35.1. The molecule has 0 saturated carbocycles. The van der Waals surface area contributed by atoms with Gasteiger partial charge < -0.3 is 18.9 Å². The Balaban J connectivity index is 1.30. The molecule has 3 rings (SSSR count). The maximum absolute atomic E-state index is 12.4. The van der Waals surface area contributed by atoms with Crippen molar-refractivity contribution < 1.29 is 33.3 Å². The zero-order valence-corrected chi connectivity index (χ0v) is 21.3. The summed E-state index contributed by atoms with van der Waals surface area (Å²) in [5, 5.41) is 0. The zero-order valence-electron chi connectivity index (χ0n) is 21.3. The number of hydrogen-bond donors (Lipinski definition) is 0. The smallest absolute Gasteiger partial charge is 0.343 e. The molecule has 1 heterocycles. The first-order valence-electron chi connectivity index (χ1n) is 12.7. The molecule has 1 atom stereocenters. The largest absolute Gasteiger partial charge is 0.494 e. The number of benzene rings is 2. The normalized spacial score (nSPS) is 15.0. The molecule has 0 aromatic heterocycles. The third-order valence-electron chi connectivity index (χ3n) is 5.85. The summed E-state index contributed by atoms with van der Waals surface area (Å²) in [6.45, 7) is 6.40. The van der Waals surface area contributed by atoms with E-state index in [0.29, 0.717) is 42.3 Å². The summed E-state index contributed by atoms with van der Waals surface area (Å²) >= 11 is 0. The Bertz CT molecular complexity index is 1070. The Morgan fingerprint density at radius 3 is 2.32 bits per heavy atom. The van der Waals surface area contributed by atoms with Crippen molar-refractivity contribution in [1.82, 2.24) is 0 Å². The van der Waals surface area contributed by atoms with Gasteiger partial charge >= 0.3 is 17.9 Å². The Kier molecular flexibility index (Phi) is 11.0. The van der Waals surface area contributed by atoms with Gasteiger partial charge in [0.2, 0.25) is 0 Å². The molecule has 0 aliphatic carbocycles. The first-order chi connectivity index (χ1) is 17.9. The second-order valence-corrected chi connectivity index (χ2v) is 8.81. The third-order valence-corrected chi connectivity index (χ3v) is 5.85. The maximum atomic E-state index is 12.4. The van der Waals surface area contributed by atoms with Gasteiger partial charge in [0.1, 0.15) is 17.6 Å². The number of hydrogen-bond acceptors (Lipinski definition) is 7. The van der Waals surface area contributed by atoms with Crippen LogP contribution in [-0.4, -0.2) is 37.2 Å². The minimum atomic E-state index is -0.460. The van der Waals surface area contributed by atoms with Gasteiger partial charge in [-0.15, -0.1) is 0 Å². The average molecular weight is 507 g/mol. The molecule has 0 N–H and O–H groups in total. The van der Waals surface area contributed by atoms with Crippen molar-refractivity contribution in [2.24, 2.45) is 0 Å². The molecular weight excluding hydrogens is 472 g/mol. The molecule has 37 heavy (non-hydrogen) atoms. The summed E-state index contributed by atoms with van der Waals surface area (Å²) in [5.41, 5.74) is 1.80. The topological polar surface area (TPSA) is 88.1 Å². The lowest BCUT2D eigenvalue weighted by Gasteiger charge is -2.09. The van der Waals surface area contributed by atoms with Gasteiger partial charge in [-0.3, -0.25) is 0 Å². The number of ether oxygens (including phenoxy) is 4. The maximum Gasteiger partial charge on any atom is 0.343 e. The van der Waals surface area contributed by atoms with E-state index >= 15 is 0 Å². The highest BCUT2D eigenvalue weighted by atomic mass is 16.6. The van der Waals surface area contributed by atoms with Crippen molar-refractivity contribution in [3.8, 4) is 11.5 Å². The van der Waals surface area contributed by atoms with Crippen molar-refractivity contribution in [1.29, 1.82) is 0 Å². The highest BCUT2D eigenvalue weighted by Crippen LogP contribution is 2.23. The molecule has 0 amide bonds. The van der Waals surface area contributed by atoms with Crippen LogP contribution in [0.3, 0.4) is 0 Å². The average Bonchev–Trinajstić information content (AvgIpc) is 3.22. The summed E-state index contributed by atoms with van der Waals surface area (Å²) in [6.07, 6.45) is 9.83. The van der Waals surface area contributed by atoms with E-state index in [4.69, 9.17) is 18.9 Å². The van der Waals surface area contributed by atoms with Crippen molar-refractivity contribution in [3.63, 3.8) is 0 Å². The van der Waals surface area contributed by atoms with Gasteiger partial charge in [-0.25, -0.2) is 14.4 Å². The van der Waals surface area contributed by atoms with E-state index in [1.807, 2.05) is 0 Å². The quantitative estimate of drug-likeness (QED) is 0.133. The van der Waals surface area contributed by atoms with Crippen LogP contribution in [0.2, 0.25) is 0 Å². The Morgan fingerprint density at radius 2 is 1.65 bits per heavy atom. The Morgan fingerprint density at radius 1 is 0.973 bits per heavy atom. The van der Waals surface area contributed by atoms with Gasteiger partial charge in [-0.2, -0.15) is 0 Å². The Hall–Kier alpha value is -3.87. The van der Waals surface area contributed by atoms with E-state index < -0.39 is 11.9 Å². The number of carbonyl (C=O) groups is 3. The molecule has 1 fully saturated rings. The van der Waals surface area contributed by atoms with Crippen molar-refractivity contribution in [3.05, 3.63) is 77.9 Å². The van der Waals surface area contributed by atoms with E-state index in [1.54, 1.807) is 61.5 Å². The van der Waals surface area contributed by atoms with Crippen LogP contribution in [0.1, 0.15) is 67.8 Å². The van der Waals surface area contributed by atoms with Crippen LogP contribution >= 0.6 is 0 Å². The van der Waals surface area contributed by atoms with Crippen LogP contribution in [0.5, 0.6) is 11.5 Å². The fourth-order valence-corrected chi connectivity index (χ4v) is 3.84. The number of carbonyl (C=O) groups excluding carboxylic acids is 3. The molecule has 0 radical (unpaired) electrons. The molecule has 7 heteroatoms. The molecule has 7 nitrogen and oxygen atoms in total. The summed E-state index contributed by atoms with van der Waals surface area (Å²) in [7, 11) is 0.